The Morgan fingerprint density at radius 2 is 0.970 bits per heavy atom. The molecule has 1 aliphatic rings. The molecule has 12 heteroatoms. The Morgan fingerprint density at radius 3 is 1.49 bits per heavy atom. The minimum Gasteiger partial charge on any atom is -0.479 e. The van der Waals surface area contributed by atoms with Gasteiger partial charge in [0, 0.05) is 19.3 Å². The van der Waals surface area contributed by atoms with Crippen molar-refractivity contribution in [2.45, 2.75) is 225 Å². The topological polar surface area (TPSA) is 175 Å². The zero-order valence-corrected chi connectivity index (χ0v) is 41.4. The van der Waals surface area contributed by atoms with Gasteiger partial charge >= 0.3 is 23.9 Å². The highest BCUT2D eigenvalue weighted by Gasteiger charge is 2.50. The van der Waals surface area contributed by atoms with Crippen LogP contribution >= 0.6 is 0 Å². The van der Waals surface area contributed by atoms with Crippen molar-refractivity contribution >= 4 is 23.9 Å². The number of esters is 3. The molecule has 67 heavy (non-hydrogen) atoms. The molecule has 0 aromatic rings. The fourth-order valence-corrected chi connectivity index (χ4v) is 7.10. The smallest absolute Gasteiger partial charge is 0.335 e. The number of carboxylic acids is 1. The van der Waals surface area contributed by atoms with Crippen LogP contribution < -0.4 is 0 Å². The molecule has 380 valence electrons. The summed E-state index contributed by atoms with van der Waals surface area (Å²) in [6.45, 7) is 5.65. The highest BCUT2D eigenvalue weighted by atomic mass is 16.7. The molecule has 0 amide bonds. The van der Waals surface area contributed by atoms with E-state index in [4.69, 9.17) is 23.7 Å². The Bertz CT molecular complexity index is 1490. The van der Waals surface area contributed by atoms with Gasteiger partial charge in [-0.05, 0) is 77.0 Å². The van der Waals surface area contributed by atoms with Crippen molar-refractivity contribution < 1.29 is 58.2 Å². The van der Waals surface area contributed by atoms with Gasteiger partial charge in [-0.1, -0.05) is 176 Å². The number of carbonyl (C=O) groups excluding carboxylic acids is 3. The van der Waals surface area contributed by atoms with E-state index in [1.807, 2.05) is 18.2 Å². The molecule has 6 atom stereocenters. The van der Waals surface area contributed by atoms with Gasteiger partial charge in [0.1, 0.15) is 18.8 Å². The average Bonchev–Trinajstić information content (AvgIpc) is 3.31. The molecule has 1 heterocycles. The largest absolute Gasteiger partial charge is 0.479 e. The Morgan fingerprint density at radius 1 is 0.507 bits per heavy atom. The summed E-state index contributed by atoms with van der Waals surface area (Å²) in [6, 6.07) is 0. The first-order chi connectivity index (χ1) is 32.6. The summed E-state index contributed by atoms with van der Waals surface area (Å²) in [4.78, 5) is 50.7. The van der Waals surface area contributed by atoms with Crippen LogP contribution in [0.1, 0.15) is 188 Å². The number of aliphatic hydroxyl groups is 2. The summed E-state index contributed by atoms with van der Waals surface area (Å²) in [6.07, 6.45) is 41.7. The number of rotatable bonds is 41. The zero-order valence-electron chi connectivity index (χ0n) is 41.4. The Kier molecular flexibility index (Phi) is 39.3. The molecule has 1 fully saturated rings. The number of unbranched alkanes of at least 4 members (excludes halogenated alkanes) is 13. The predicted molar refractivity (Wildman–Crippen MR) is 266 cm³/mol. The lowest BCUT2D eigenvalue weighted by Gasteiger charge is -2.40. The first-order valence-electron chi connectivity index (χ1n) is 25.6. The average molecular weight is 941 g/mol. The van der Waals surface area contributed by atoms with Gasteiger partial charge < -0.3 is 39.0 Å². The molecule has 0 saturated carbocycles. The lowest BCUT2D eigenvalue weighted by Crippen LogP contribution is -2.61. The fraction of sp³-hybridized carbons (Fsp3) is 0.673. The summed E-state index contributed by atoms with van der Waals surface area (Å²) in [7, 11) is 0. The van der Waals surface area contributed by atoms with Gasteiger partial charge in [-0.25, -0.2) is 4.79 Å². The van der Waals surface area contributed by atoms with Crippen molar-refractivity contribution in [3.05, 3.63) is 85.1 Å². The second-order valence-electron chi connectivity index (χ2n) is 17.0. The van der Waals surface area contributed by atoms with Gasteiger partial charge in [0.25, 0.3) is 0 Å². The van der Waals surface area contributed by atoms with Crippen LogP contribution in [0.2, 0.25) is 0 Å². The summed E-state index contributed by atoms with van der Waals surface area (Å²) < 4.78 is 28.1. The first kappa shape index (κ1) is 60.9. The summed E-state index contributed by atoms with van der Waals surface area (Å²) in [5.41, 5.74) is 0. The van der Waals surface area contributed by atoms with E-state index < -0.39 is 67.3 Å². The summed E-state index contributed by atoms with van der Waals surface area (Å²) in [5, 5.41) is 31.3. The lowest BCUT2D eigenvalue weighted by molar-refractivity contribution is -0.301. The second-order valence-corrected chi connectivity index (χ2v) is 17.0. The number of hydrogen-bond donors (Lipinski definition) is 3. The maximum absolute atomic E-state index is 13.0. The third kappa shape index (κ3) is 33.9. The quantitative estimate of drug-likeness (QED) is 0.0229. The number of aliphatic carboxylic acids is 1. The predicted octanol–water partition coefficient (Wildman–Crippen LogP) is 12.0. The van der Waals surface area contributed by atoms with Crippen LogP contribution in [-0.4, -0.2) is 89.2 Å². The Balaban J connectivity index is 2.80. The van der Waals surface area contributed by atoms with E-state index in [1.54, 1.807) is 0 Å². The molecule has 1 rings (SSSR count). The number of ether oxygens (including phenoxy) is 5. The van der Waals surface area contributed by atoms with Gasteiger partial charge in [0.15, 0.2) is 24.6 Å². The number of carboxylic acid groups (broad SMARTS) is 1. The van der Waals surface area contributed by atoms with Crippen molar-refractivity contribution in [3.8, 4) is 0 Å². The van der Waals surface area contributed by atoms with E-state index in [0.29, 0.717) is 25.7 Å². The van der Waals surface area contributed by atoms with Crippen molar-refractivity contribution in [3.63, 3.8) is 0 Å². The molecular weight excluding hydrogens is 853 g/mol. The van der Waals surface area contributed by atoms with Gasteiger partial charge in [-0.3, -0.25) is 14.4 Å². The SMILES string of the molecule is CC/C=C\C/C=C\C/C=C\C/C=C\CCC(=O)OC1C(OCC(COC(=O)CCCCC/C=C\C/C=C\C/C=C\CC)OC(=O)CCCCCCCCCCCCC)OC(C(=O)O)C(O)C1O. The van der Waals surface area contributed by atoms with Crippen LogP contribution in [0, 0.1) is 0 Å². The number of hydrogen-bond acceptors (Lipinski definition) is 11. The number of allylic oxidation sites excluding steroid dienone is 14. The normalized spacial score (nSPS) is 19.6. The second kappa shape index (κ2) is 43.2. The van der Waals surface area contributed by atoms with E-state index in [-0.39, 0.29) is 25.9 Å². The van der Waals surface area contributed by atoms with Crippen molar-refractivity contribution in [1.82, 2.24) is 0 Å². The van der Waals surface area contributed by atoms with E-state index in [2.05, 4.69) is 87.6 Å². The number of carbonyl (C=O) groups is 4. The molecule has 0 bridgehead atoms. The van der Waals surface area contributed by atoms with Crippen molar-refractivity contribution in [1.29, 1.82) is 0 Å². The van der Waals surface area contributed by atoms with E-state index in [1.165, 1.54) is 44.9 Å². The van der Waals surface area contributed by atoms with Gasteiger partial charge in [0.2, 0.25) is 0 Å². The van der Waals surface area contributed by atoms with Gasteiger partial charge in [0.05, 0.1) is 6.61 Å². The van der Waals surface area contributed by atoms with E-state index in [9.17, 15) is 34.5 Å². The molecule has 1 aliphatic heterocycles. The van der Waals surface area contributed by atoms with Crippen molar-refractivity contribution in [2.24, 2.45) is 0 Å². The molecule has 0 spiro atoms. The van der Waals surface area contributed by atoms with Crippen LogP contribution in [0.5, 0.6) is 0 Å². The monoisotopic (exact) mass is 941 g/mol. The van der Waals surface area contributed by atoms with Crippen LogP contribution in [-0.2, 0) is 42.9 Å². The molecule has 0 radical (unpaired) electrons. The molecule has 1 saturated heterocycles. The first-order valence-corrected chi connectivity index (χ1v) is 25.6. The lowest BCUT2D eigenvalue weighted by atomic mass is 9.98. The number of aliphatic hydroxyl groups excluding tert-OH is 2. The molecule has 0 aromatic heterocycles. The van der Waals surface area contributed by atoms with E-state index >= 15 is 0 Å². The molecule has 6 unspecified atom stereocenters. The highest BCUT2D eigenvalue weighted by Crippen LogP contribution is 2.26. The maximum Gasteiger partial charge on any atom is 0.335 e. The molecular formula is C55H88O12. The maximum atomic E-state index is 13.0. The molecule has 3 N–H and O–H groups in total. The highest BCUT2D eigenvalue weighted by molar-refractivity contribution is 5.74. The van der Waals surface area contributed by atoms with Gasteiger partial charge in [-0.2, -0.15) is 0 Å². The third-order valence-electron chi connectivity index (χ3n) is 11.0. The summed E-state index contributed by atoms with van der Waals surface area (Å²) >= 11 is 0. The fourth-order valence-electron chi connectivity index (χ4n) is 7.10. The van der Waals surface area contributed by atoms with Crippen LogP contribution in [0.25, 0.3) is 0 Å². The Hall–Kier alpha value is -4.10. The van der Waals surface area contributed by atoms with Crippen LogP contribution in [0.3, 0.4) is 0 Å². The Labute approximate surface area is 403 Å². The molecule has 12 nitrogen and oxygen atoms in total. The molecule has 0 aliphatic carbocycles. The molecule has 0 aromatic carbocycles. The van der Waals surface area contributed by atoms with E-state index in [0.717, 1.165) is 77.0 Å². The third-order valence-corrected chi connectivity index (χ3v) is 11.0. The summed E-state index contributed by atoms with van der Waals surface area (Å²) in [5.74, 6) is -3.28. The minimum atomic E-state index is -1.93. The van der Waals surface area contributed by atoms with Crippen LogP contribution in [0.4, 0.5) is 0 Å². The standard InChI is InChI=1S/C55H88O12/c1-4-7-10-13-16-19-22-24-27-29-32-35-38-41-47(56)63-44-46(65-48(57)42-39-36-33-30-26-21-18-15-12-9-6-3)45-64-55-53(51(60)50(59)52(67-55)54(61)62)66-49(58)43-40-37-34-31-28-25-23-20-17-14-11-8-5-2/h7-8,10-11,16-17,19-20,24-25,27-28,34,37,46,50-53,55,59-60H,4-6,9,12-15,18,21-23,26,29-33,35-36,38-45H2,1-3H3,(H,61,62)/b10-7-,11-8-,19-16-,20-17-,27-24-,28-25-,37-34-. The minimum absolute atomic E-state index is 0.0659. The van der Waals surface area contributed by atoms with Gasteiger partial charge in [-0.15, -0.1) is 0 Å². The van der Waals surface area contributed by atoms with Crippen molar-refractivity contribution in [2.75, 3.05) is 13.2 Å². The van der Waals surface area contributed by atoms with Crippen LogP contribution in [0.15, 0.2) is 85.1 Å². The zero-order chi connectivity index (χ0) is 49.0.